The van der Waals surface area contributed by atoms with Crippen molar-refractivity contribution in [2.75, 3.05) is 13.6 Å². The summed E-state index contributed by atoms with van der Waals surface area (Å²) in [7, 11) is 1.96. The lowest BCUT2D eigenvalue weighted by Crippen LogP contribution is -2.25. The highest BCUT2D eigenvalue weighted by Crippen LogP contribution is 2.11. The normalized spacial score (nSPS) is 10.9. The Hall–Kier alpha value is -1.39. The van der Waals surface area contributed by atoms with E-state index in [-0.39, 0.29) is 5.78 Å². The molecule has 0 aliphatic rings. The molecule has 0 radical (unpaired) electrons. The molecule has 0 amide bonds. The van der Waals surface area contributed by atoms with Crippen molar-refractivity contribution in [2.45, 2.75) is 6.54 Å². The molecule has 0 fully saturated rings. The molecule has 2 heterocycles. The van der Waals surface area contributed by atoms with Gasteiger partial charge in [-0.25, -0.2) is 0 Å². The van der Waals surface area contributed by atoms with Gasteiger partial charge in [-0.2, -0.15) is 0 Å². The predicted octanol–water partition coefficient (Wildman–Crippen LogP) is 2.39. The van der Waals surface area contributed by atoms with Crippen LogP contribution in [-0.4, -0.2) is 29.3 Å². The summed E-state index contributed by atoms with van der Waals surface area (Å²) >= 11 is 1.72. The highest BCUT2D eigenvalue weighted by Gasteiger charge is 2.10. The van der Waals surface area contributed by atoms with Crippen LogP contribution in [0.15, 0.2) is 35.8 Å². The molecular weight excluding hydrogens is 220 g/mol. The van der Waals surface area contributed by atoms with Crippen LogP contribution in [0.4, 0.5) is 0 Å². The molecule has 0 spiro atoms. The van der Waals surface area contributed by atoms with Crippen molar-refractivity contribution in [3.63, 3.8) is 0 Å². The van der Waals surface area contributed by atoms with Crippen LogP contribution in [0.2, 0.25) is 0 Å². The van der Waals surface area contributed by atoms with E-state index in [0.29, 0.717) is 12.2 Å². The second kappa shape index (κ2) is 5.09. The topological polar surface area (TPSA) is 36.1 Å². The number of rotatable bonds is 5. The maximum absolute atomic E-state index is 11.8. The van der Waals surface area contributed by atoms with E-state index in [9.17, 15) is 4.79 Å². The molecule has 84 valence electrons. The Morgan fingerprint density at radius 3 is 2.94 bits per heavy atom. The molecule has 1 N–H and O–H groups in total. The van der Waals surface area contributed by atoms with Gasteiger partial charge in [-0.05, 0) is 30.6 Å². The molecule has 2 aromatic rings. The SMILES string of the molecule is CN(CC(=O)c1ccc[nH]1)Cc1cccs1. The third-order valence-corrected chi connectivity index (χ3v) is 3.18. The summed E-state index contributed by atoms with van der Waals surface area (Å²) in [6.45, 7) is 1.27. The standard InChI is InChI=1S/C12H14N2OS/c1-14(8-10-4-3-7-16-10)9-12(15)11-5-2-6-13-11/h2-7,13H,8-9H2,1H3. The monoisotopic (exact) mass is 234 g/mol. The zero-order valence-electron chi connectivity index (χ0n) is 9.14. The summed E-state index contributed by atoms with van der Waals surface area (Å²) in [5.74, 6) is 0.129. The van der Waals surface area contributed by atoms with Gasteiger partial charge in [-0.15, -0.1) is 11.3 Å². The Kier molecular flexibility index (Phi) is 3.54. The maximum atomic E-state index is 11.8. The number of ketones is 1. The van der Waals surface area contributed by atoms with E-state index in [1.807, 2.05) is 24.1 Å². The summed E-state index contributed by atoms with van der Waals surface area (Å²) in [4.78, 5) is 18.0. The van der Waals surface area contributed by atoms with Gasteiger partial charge >= 0.3 is 0 Å². The van der Waals surface area contributed by atoms with E-state index in [1.54, 1.807) is 23.6 Å². The Labute approximate surface area is 98.7 Å². The largest absolute Gasteiger partial charge is 0.359 e. The molecule has 0 aliphatic heterocycles. The molecule has 2 rings (SSSR count). The molecule has 0 aliphatic carbocycles. The number of H-pyrrole nitrogens is 1. The van der Waals surface area contributed by atoms with Gasteiger partial charge in [0, 0.05) is 17.6 Å². The number of aromatic nitrogens is 1. The number of carbonyl (C=O) groups is 1. The number of hydrogen-bond donors (Lipinski definition) is 1. The fourth-order valence-electron chi connectivity index (χ4n) is 1.56. The molecular formula is C12H14N2OS. The van der Waals surface area contributed by atoms with Gasteiger partial charge in [0.25, 0.3) is 0 Å². The van der Waals surface area contributed by atoms with E-state index in [2.05, 4.69) is 16.4 Å². The fourth-order valence-corrected chi connectivity index (χ4v) is 2.34. The Morgan fingerprint density at radius 1 is 1.44 bits per heavy atom. The van der Waals surface area contributed by atoms with E-state index in [4.69, 9.17) is 0 Å². The first kappa shape index (κ1) is 11.1. The van der Waals surface area contributed by atoms with Crippen molar-refractivity contribution in [3.8, 4) is 0 Å². The lowest BCUT2D eigenvalue weighted by molar-refractivity contribution is 0.0939. The van der Waals surface area contributed by atoms with Gasteiger partial charge in [-0.3, -0.25) is 9.69 Å². The van der Waals surface area contributed by atoms with Crippen molar-refractivity contribution >= 4 is 17.1 Å². The molecule has 4 heteroatoms. The Morgan fingerprint density at radius 2 is 2.31 bits per heavy atom. The second-order valence-corrected chi connectivity index (χ2v) is 4.79. The smallest absolute Gasteiger partial charge is 0.192 e. The molecule has 3 nitrogen and oxygen atoms in total. The van der Waals surface area contributed by atoms with Gasteiger partial charge < -0.3 is 4.98 Å². The second-order valence-electron chi connectivity index (χ2n) is 3.76. The van der Waals surface area contributed by atoms with Crippen LogP contribution in [0.1, 0.15) is 15.4 Å². The first-order chi connectivity index (χ1) is 7.75. The van der Waals surface area contributed by atoms with Crippen LogP contribution >= 0.6 is 11.3 Å². The molecule has 0 aromatic carbocycles. The molecule has 0 saturated heterocycles. The highest BCUT2D eigenvalue weighted by molar-refractivity contribution is 7.09. The number of nitrogens with zero attached hydrogens (tertiary/aromatic N) is 1. The number of carbonyl (C=O) groups excluding carboxylic acids is 1. The number of hydrogen-bond acceptors (Lipinski definition) is 3. The number of Topliss-reactive ketones (excluding diaryl/α,β-unsaturated/α-hetero) is 1. The van der Waals surface area contributed by atoms with E-state index < -0.39 is 0 Å². The Bertz CT molecular complexity index is 434. The molecule has 0 atom stereocenters. The van der Waals surface area contributed by atoms with E-state index in [1.165, 1.54) is 4.88 Å². The van der Waals surface area contributed by atoms with Crippen molar-refractivity contribution < 1.29 is 4.79 Å². The summed E-state index contributed by atoms with van der Waals surface area (Å²) in [5.41, 5.74) is 0.679. The van der Waals surface area contributed by atoms with Crippen LogP contribution in [0.3, 0.4) is 0 Å². The number of nitrogens with one attached hydrogen (secondary N) is 1. The molecule has 16 heavy (non-hydrogen) atoms. The minimum absolute atomic E-state index is 0.129. The van der Waals surface area contributed by atoms with Crippen LogP contribution in [-0.2, 0) is 6.54 Å². The number of likely N-dealkylation sites (N-methyl/N-ethyl adjacent to an activating group) is 1. The minimum Gasteiger partial charge on any atom is -0.359 e. The Balaban J connectivity index is 1.88. The average molecular weight is 234 g/mol. The maximum Gasteiger partial charge on any atom is 0.192 e. The van der Waals surface area contributed by atoms with Gasteiger partial charge in [-0.1, -0.05) is 6.07 Å². The average Bonchev–Trinajstić information content (AvgIpc) is 2.88. The van der Waals surface area contributed by atoms with Crippen LogP contribution < -0.4 is 0 Å². The van der Waals surface area contributed by atoms with Gasteiger partial charge in [0.15, 0.2) is 5.78 Å². The first-order valence-corrected chi connectivity index (χ1v) is 6.01. The van der Waals surface area contributed by atoms with Crippen molar-refractivity contribution in [1.29, 1.82) is 0 Å². The highest BCUT2D eigenvalue weighted by atomic mass is 32.1. The van der Waals surface area contributed by atoms with Crippen LogP contribution in [0.25, 0.3) is 0 Å². The summed E-state index contributed by atoms with van der Waals surface area (Å²) in [5, 5.41) is 2.05. The van der Waals surface area contributed by atoms with Gasteiger partial charge in [0.1, 0.15) is 0 Å². The van der Waals surface area contributed by atoms with Crippen molar-refractivity contribution in [3.05, 3.63) is 46.4 Å². The van der Waals surface area contributed by atoms with Crippen LogP contribution in [0, 0.1) is 0 Å². The fraction of sp³-hybridized carbons (Fsp3) is 0.250. The van der Waals surface area contributed by atoms with E-state index in [0.717, 1.165) is 6.54 Å². The first-order valence-electron chi connectivity index (χ1n) is 5.13. The zero-order valence-corrected chi connectivity index (χ0v) is 9.96. The van der Waals surface area contributed by atoms with Gasteiger partial charge in [0.05, 0.1) is 12.2 Å². The quantitative estimate of drug-likeness (QED) is 0.806. The predicted molar refractivity (Wildman–Crippen MR) is 65.8 cm³/mol. The number of aromatic amines is 1. The molecule has 0 unspecified atom stereocenters. The minimum atomic E-state index is 0.129. The lowest BCUT2D eigenvalue weighted by Gasteiger charge is -2.13. The van der Waals surface area contributed by atoms with Crippen molar-refractivity contribution in [2.24, 2.45) is 0 Å². The summed E-state index contributed by atoms with van der Waals surface area (Å²) < 4.78 is 0. The summed E-state index contributed by atoms with van der Waals surface area (Å²) in [6.07, 6.45) is 1.77. The third-order valence-electron chi connectivity index (χ3n) is 2.32. The summed E-state index contributed by atoms with van der Waals surface area (Å²) in [6, 6.07) is 7.76. The van der Waals surface area contributed by atoms with Crippen molar-refractivity contribution in [1.82, 2.24) is 9.88 Å². The molecule has 0 saturated carbocycles. The van der Waals surface area contributed by atoms with Gasteiger partial charge in [0.2, 0.25) is 0 Å². The van der Waals surface area contributed by atoms with Crippen LogP contribution in [0.5, 0.6) is 0 Å². The lowest BCUT2D eigenvalue weighted by atomic mass is 10.2. The molecule has 0 bridgehead atoms. The van der Waals surface area contributed by atoms with E-state index >= 15 is 0 Å². The molecule has 2 aromatic heterocycles. The third kappa shape index (κ3) is 2.81. The number of thiophene rings is 1. The zero-order chi connectivity index (χ0) is 11.4.